The van der Waals surface area contributed by atoms with Crippen LogP contribution >= 0.6 is 11.8 Å². The molecule has 0 aromatic heterocycles. The summed E-state index contributed by atoms with van der Waals surface area (Å²) in [4.78, 5) is 3.69. The van der Waals surface area contributed by atoms with E-state index in [4.69, 9.17) is 10.5 Å². The number of rotatable bonds is 2. The van der Waals surface area contributed by atoms with E-state index in [-0.39, 0.29) is 5.57 Å². The molecule has 0 N–H and O–H groups in total. The number of nitrogens with zero attached hydrogens (tertiary/aromatic N) is 3. The Balaban J connectivity index is 1.67. The molecule has 3 nitrogen and oxygen atoms in total. The number of nitriles is 2. The topological polar surface area (TPSA) is 50.8 Å². The fourth-order valence-corrected chi connectivity index (χ4v) is 5.31. The molecule has 134 valence electrons. The van der Waals surface area contributed by atoms with Gasteiger partial charge in [0.15, 0.2) is 0 Å². The molecule has 2 aliphatic carbocycles. The first-order valence-electron chi connectivity index (χ1n) is 9.45. The molecule has 0 fully saturated rings. The Morgan fingerprint density at radius 1 is 1.19 bits per heavy atom. The van der Waals surface area contributed by atoms with Crippen LogP contribution in [0.15, 0.2) is 74.7 Å². The lowest BCUT2D eigenvalue weighted by molar-refractivity contribution is 0.501. The molecule has 3 aliphatic rings. The molecular weight excluding hydrogens is 350 g/mol. The van der Waals surface area contributed by atoms with Gasteiger partial charge in [0.05, 0.1) is 10.7 Å². The van der Waals surface area contributed by atoms with Crippen molar-refractivity contribution in [2.24, 2.45) is 5.92 Å². The van der Waals surface area contributed by atoms with Crippen molar-refractivity contribution < 1.29 is 0 Å². The van der Waals surface area contributed by atoms with E-state index in [0.29, 0.717) is 5.92 Å². The molecular formula is C23H21N3S. The number of anilines is 1. The second kappa shape index (κ2) is 7.51. The van der Waals surface area contributed by atoms with Crippen LogP contribution < -0.4 is 4.90 Å². The van der Waals surface area contributed by atoms with Crippen LogP contribution in [0.5, 0.6) is 0 Å². The molecule has 1 aromatic rings. The van der Waals surface area contributed by atoms with Crippen molar-refractivity contribution >= 4 is 17.4 Å². The zero-order valence-corrected chi connectivity index (χ0v) is 16.2. The van der Waals surface area contributed by atoms with E-state index < -0.39 is 0 Å². The van der Waals surface area contributed by atoms with Crippen LogP contribution in [0.2, 0.25) is 0 Å². The lowest BCUT2D eigenvalue weighted by Crippen LogP contribution is -2.17. The Morgan fingerprint density at radius 3 is 2.74 bits per heavy atom. The third-order valence-electron chi connectivity index (χ3n) is 5.51. The lowest BCUT2D eigenvalue weighted by Gasteiger charge is -2.28. The van der Waals surface area contributed by atoms with Crippen molar-refractivity contribution in [2.75, 3.05) is 11.4 Å². The van der Waals surface area contributed by atoms with E-state index in [2.05, 4.69) is 54.3 Å². The van der Waals surface area contributed by atoms with E-state index in [1.54, 1.807) is 0 Å². The standard InChI is InChI=1S/C23H21N3S/c1-2-26-21-5-3-4-6-22(21)27-23(26)12-16-7-8-17-9-10-18(13-19(17)11-16)20(14-24)15-25/h3-6,11-13,17H,2,7-10H2,1H3/b23-12-. The summed E-state index contributed by atoms with van der Waals surface area (Å²) in [5.41, 5.74) is 5.07. The maximum Gasteiger partial charge on any atom is 0.132 e. The molecule has 0 radical (unpaired) electrons. The number of benzene rings is 1. The summed E-state index contributed by atoms with van der Waals surface area (Å²) >= 11 is 1.84. The van der Waals surface area contributed by atoms with Gasteiger partial charge >= 0.3 is 0 Å². The molecule has 0 amide bonds. The average molecular weight is 372 g/mol. The molecule has 1 aliphatic heterocycles. The number of thioether (sulfide) groups is 1. The minimum atomic E-state index is 0.263. The minimum Gasteiger partial charge on any atom is -0.335 e. The van der Waals surface area contributed by atoms with Gasteiger partial charge in [0.1, 0.15) is 17.7 Å². The van der Waals surface area contributed by atoms with E-state index in [1.807, 2.05) is 23.9 Å². The van der Waals surface area contributed by atoms with Gasteiger partial charge in [-0.15, -0.1) is 0 Å². The molecule has 1 aromatic carbocycles. The number of hydrogen-bond donors (Lipinski definition) is 0. The van der Waals surface area contributed by atoms with Crippen LogP contribution in [-0.4, -0.2) is 6.54 Å². The molecule has 0 saturated carbocycles. The van der Waals surface area contributed by atoms with Crippen molar-refractivity contribution in [3.8, 4) is 12.1 Å². The summed E-state index contributed by atoms with van der Waals surface area (Å²) in [6, 6.07) is 12.6. The van der Waals surface area contributed by atoms with Gasteiger partial charge < -0.3 is 4.90 Å². The Kier molecular flexibility index (Phi) is 4.92. The molecule has 4 heteroatoms. The predicted octanol–water partition coefficient (Wildman–Crippen LogP) is 5.86. The first-order chi connectivity index (χ1) is 13.2. The highest BCUT2D eigenvalue weighted by Gasteiger charge is 2.26. The van der Waals surface area contributed by atoms with Crippen molar-refractivity contribution in [2.45, 2.75) is 37.5 Å². The maximum atomic E-state index is 9.17. The van der Waals surface area contributed by atoms with Crippen LogP contribution in [0.1, 0.15) is 32.6 Å². The van der Waals surface area contributed by atoms with Crippen LogP contribution in [-0.2, 0) is 0 Å². The fraction of sp³-hybridized carbons (Fsp3) is 0.304. The van der Waals surface area contributed by atoms with Crippen LogP contribution in [0.25, 0.3) is 0 Å². The zero-order valence-electron chi connectivity index (χ0n) is 15.4. The normalized spacial score (nSPS) is 22.3. The largest absolute Gasteiger partial charge is 0.335 e. The van der Waals surface area contributed by atoms with Gasteiger partial charge in [-0.1, -0.05) is 36.0 Å². The smallest absolute Gasteiger partial charge is 0.132 e. The molecule has 0 bridgehead atoms. The quantitative estimate of drug-likeness (QED) is 0.611. The number of para-hydroxylation sites is 1. The Hall–Kier alpha value is -2.69. The van der Waals surface area contributed by atoms with Crippen molar-refractivity contribution in [3.63, 3.8) is 0 Å². The van der Waals surface area contributed by atoms with E-state index in [9.17, 15) is 0 Å². The van der Waals surface area contributed by atoms with E-state index >= 15 is 0 Å². The summed E-state index contributed by atoms with van der Waals surface area (Å²) in [5.74, 6) is 0.560. The highest BCUT2D eigenvalue weighted by molar-refractivity contribution is 8.03. The Bertz CT molecular complexity index is 966. The highest BCUT2D eigenvalue weighted by atomic mass is 32.2. The van der Waals surface area contributed by atoms with Gasteiger partial charge in [0.2, 0.25) is 0 Å². The molecule has 1 atom stereocenters. The Labute approximate surface area is 165 Å². The summed E-state index contributed by atoms with van der Waals surface area (Å²) in [5, 5.41) is 19.6. The third-order valence-corrected chi connectivity index (χ3v) is 6.63. The second-order valence-corrected chi connectivity index (χ2v) is 8.12. The molecule has 0 spiro atoms. The molecule has 27 heavy (non-hydrogen) atoms. The molecule has 4 rings (SSSR count). The van der Waals surface area contributed by atoms with Gasteiger partial charge in [-0.2, -0.15) is 10.5 Å². The molecule has 0 saturated heterocycles. The van der Waals surface area contributed by atoms with Crippen molar-refractivity contribution in [1.82, 2.24) is 0 Å². The van der Waals surface area contributed by atoms with Gasteiger partial charge in [0, 0.05) is 11.4 Å². The maximum absolute atomic E-state index is 9.17. The van der Waals surface area contributed by atoms with E-state index in [0.717, 1.165) is 37.8 Å². The Morgan fingerprint density at radius 2 is 1.96 bits per heavy atom. The van der Waals surface area contributed by atoms with Crippen molar-refractivity contribution in [3.05, 3.63) is 69.8 Å². The monoisotopic (exact) mass is 371 g/mol. The van der Waals surface area contributed by atoms with Gasteiger partial charge in [-0.25, -0.2) is 0 Å². The zero-order chi connectivity index (χ0) is 18.8. The predicted molar refractivity (Wildman–Crippen MR) is 110 cm³/mol. The summed E-state index contributed by atoms with van der Waals surface area (Å²) in [6.07, 6.45) is 10.8. The van der Waals surface area contributed by atoms with E-state index in [1.165, 1.54) is 26.8 Å². The first kappa shape index (κ1) is 17.7. The van der Waals surface area contributed by atoms with Crippen LogP contribution in [0.3, 0.4) is 0 Å². The molecule has 1 unspecified atom stereocenters. The highest BCUT2D eigenvalue weighted by Crippen LogP contribution is 2.47. The third kappa shape index (κ3) is 3.34. The van der Waals surface area contributed by atoms with Crippen LogP contribution in [0.4, 0.5) is 5.69 Å². The summed E-state index contributed by atoms with van der Waals surface area (Å²) in [7, 11) is 0. The van der Waals surface area contributed by atoms with Gasteiger partial charge in [0.25, 0.3) is 0 Å². The minimum absolute atomic E-state index is 0.263. The second-order valence-electron chi connectivity index (χ2n) is 7.06. The lowest BCUT2D eigenvalue weighted by atomic mass is 9.77. The number of hydrogen-bond acceptors (Lipinski definition) is 4. The van der Waals surface area contributed by atoms with Gasteiger partial charge in [-0.05, 0) is 73.5 Å². The number of allylic oxidation sites excluding steroid dienone is 7. The van der Waals surface area contributed by atoms with Crippen molar-refractivity contribution in [1.29, 1.82) is 10.5 Å². The number of fused-ring (bicyclic) bond motifs is 2. The summed E-state index contributed by atoms with van der Waals surface area (Å²) < 4.78 is 0. The fourth-order valence-electron chi connectivity index (χ4n) is 4.11. The molecule has 1 heterocycles. The average Bonchev–Trinajstić information content (AvgIpc) is 3.05. The SMILES string of the molecule is CCN1/C(=C/C2=CC3=CC(=C(C#N)C#N)CCC3CC2)Sc2ccccc21. The first-order valence-corrected chi connectivity index (χ1v) is 10.3. The summed E-state index contributed by atoms with van der Waals surface area (Å²) in [6.45, 7) is 3.14. The van der Waals surface area contributed by atoms with Gasteiger partial charge in [-0.3, -0.25) is 0 Å². The van der Waals surface area contributed by atoms with Crippen LogP contribution in [0, 0.1) is 28.6 Å².